The molecule has 0 saturated carbocycles. The first-order valence-electron chi connectivity index (χ1n) is 6.78. The summed E-state index contributed by atoms with van der Waals surface area (Å²) in [6.07, 6.45) is 0. The summed E-state index contributed by atoms with van der Waals surface area (Å²) in [7, 11) is 0. The van der Waals surface area contributed by atoms with E-state index < -0.39 is 17.7 Å². The van der Waals surface area contributed by atoms with Crippen molar-refractivity contribution in [1.82, 2.24) is 5.32 Å². The Bertz CT molecular complexity index is 640. The molecule has 0 bridgehead atoms. The number of amides is 1. The van der Waals surface area contributed by atoms with Crippen molar-refractivity contribution in [3.63, 3.8) is 0 Å². The number of aliphatic carboxylic acids is 1. The van der Waals surface area contributed by atoms with Gasteiger partial charge in [-0.3, -0.25) is 9.59 Å². The zero-order valence-corrected chi connectivity index (χ0v) is 12.8. The van der Waals surface area contributed by atoms with Crippen LogP contribution >= 0.6 is 11.3 Å². The third kappa shape index (κ3) is 3.92. The Morgan fingerprint density at radius 3 is 2.50 bits per heavy atom. The van der Waals surface area contributed by atoms with Crippen LogP contribution in [0.5, 0.6) is 0 Å². The van der Waals surface area contributed by atoms with E-state index in [1.165, 1.54) is 35.6 Å². The van der Waals surface area contributed by atoms with Gasteiger partial charge in [-0.25, -0.2) is 4.39 Å². The van der Waals surface area contributed by atoms with Crippen LogP contribution in [0.2, 0.25) is 0 Å². The van der Waals surface area contributed by atoms with Crippen molar-refractivity contribution in [2.45, 2.75) is 18.8 Å². The molecule has 2 rings (SSSR count). The summed E-state index contributed by atoms with van der Waals surface area (Å²) < 4.78 is 12.9. The topological polar surface area (TPSA) is 66.4 Å². The average molecular weight is 321 g/mol. The molecule has 116 valence electrons. The Kier molecular flexibility index (Phi) is 5.27. The van der Waals surface area contributed by atoms with Gasteiger partial charge >= 0.3 is 5.97 Å². The standard InChI is InChI=1S/C16H16FNO3S/c1-10(14-3-2-8-22-14)15(19)18-9-13(16(20)21)11-4-6-12(17)7-5-11/h2-8,10,13H,9H2,1H3,(H,18,19)(H,20,21). The largest absolute Gasteiger partial charge is 0.481 e. The predicted molar refractivity (Wildman–Crippen MR) is 82.5 cm³/mol. The number of carbonyl (C=O) groups excluding carboxylic acids is 1. The summed E-state index contributed by atoms with van der Waals surface area (Å²) in [4.78, 5) is 24.4. The summed E-state index contributed by atoms with van der Waals surface area (Å²) >= 11 is 1.48. The Morgan fingerprint density at radius 1 is 1.27 bits per heavy atom. The zero-order chi connectivity index (χ0) is 16.1. The Hall–Kier alpha value is -2.21. The van der Waals surface area contributed by atoms with E-state index in [1.807, 2.05) is 17.5 Å². The zero-order valence-electron chi connectivity index (χ0n) is 12.0. The lowest BCUT2D eigenvalue weighted by atomic mass is 9.99. The normalized spacial score (nSPS) is 13.4. The van der Waals surface area contributed by atoms with Gasteiger partial charge in [0.15, 0.2) is 0 Å². The molecule has 0 saturated heterocycles. The molecule has 0 radical (unpaired) electrons. The molecular weight excluding hydrogens is 305 g/mol. The van der Waals surface area contributed by atoms with Crippen LogP contribution in [0.4, 0.5) is 4.39 Å². The second kappa shape index (κ2) is 7.17. The van der Waals surface area contributed by atoms with Gasteiger partial charge in [0, 0.05) is 11.4 Å². The minimum Gasteiger partial charge on any atom is -0.481 e. The molecule has 1 amide bonds. The number of hydrogen-bond acceptors (Lipinski definition) is 3. The molecular formula is C16H16FNO3S. The number of carboxylic acid groups (broad SMARTS) is 1. The first-order chi connectivity index (χ1) is 10.5. The number of nitrogens with one attached hydrogen (secondary N) is 1. The lowest BCUT2D eigenvalue weighted by Gasteiger charge is -2.16. The number of carbonyl (C=O) groups is 2. The van der Waals surface area contributed by atoms with E-state index >= 15 is 0 Å². The molecule has 0 aliphatic carbocycles. The van der Waals surface area contributed by atoms with Gasteiger partial charge in [-0.05, 0) is 36.1 Å². The number of hydrogen-bond donors (Lipinski definition) is 2. The number of rotatable bonds is 6. The third-order valence-electron chi connectivity index (χ3n) is 3.41. The van der Waals surface area contributed by atoms with E-state index in [0.717, 1.165) is 4.88 Å². The van der Waals surface area contributed by atoms with Crippen molar-refractivity contribution in [3.8, 4) is 0 Å². The summed E-state index contributed by atoms with van der Waals surface area (Å²) in [6, 6.07) is 8.99. The fourth-order valence-electron chi connectivity index (χ4n) is 2.07. The number of halogens is 1. The van der Waals surface area contributed by atoms with E-state index in [0.29, 0.717) is 5.56 Å². The highest BCUT2D eigenvalue weighted by Gasteiger charge is 2.23. The summed E-state index contributed by atoms with van der Waals surface area (Å²) in [5.41, 5.74) is 0.456. The molecule has 0 fully saturated rings. The van der Waals surface area contributed by atoms with Crippen molar-refractivity contribution in [3.05, 3.63) is 58.0 Å². The fourth-order valence-corrected chi connectivity index (χ4v) is 2.85. The Labute approximate surface area is 131 Å². The second-order valence-corrected chi connectivity index (χ2v) is 5.90. The van der Waals surface area contributed by atoms with Gasteiger partial charge in [0.2, 0.25) is 5.91 Å². The monoisotopic (exact) mass is 321 g/mol. The van der Waals surface area contributed by atoms with Gasteiger partial charge in [-0.2, -0.15) is 0 Å². The Morgan fingerprint density at radius 2 is 1.95 bits per heavy atom. The SMILES string of the molecule is CC(C(=O)NCC(C(=O)O)c1ccc(F)cc1)c1cccs1. The molecule has 2 unspecified atom stereocenters. The van der Waals surface area contributed by atoms with E-state index in [9.17, 15) is 19.1 Å². The Balaban J connectivity index is 2.01. The number of benzene rings is 1. The van der Waals surface area contributed by atoms with E-state index in [4.69, 9.17) is 0 Å². The van der Waals surface area contributed by atoms with E-state index in [2.05, 4.69) is 5.32 Å². The van der Waals surface area contributed by atoms with Crippen molar-refractivity contribution in [2.24, 2.45) is 0 Å². The van der Waals surface area contributed by atoms with Crippen LogP contribution in [0.25, 0.3) is 0 Å². The van der Waals surface area contributed by atoms with Gasteiger partial charge in [-0.15, -0.1) is 11.3 Å². The second-order valence-electron chi connectivity index (χ2n) is 4.92. The molecule has 2 aromatic rings. The highest BCUT2D eigenvalue weighted by Crippen LogP contribution is 2.21. The first kappa shape index (κ1) is 16.2. The first-order valence-corrected chi connectivity index (χ1v) is 7.66. The van der Waals surface area contributed by atoms with Gasteiger partial charge < -0.3 is 10.4 Å². The average Bonchev–Trinajstić information content (AvgIpc) is 3.02. The van der Waals surface area contributed by atoms with Gasteiger partial charge in [0.05, 0.1) is 11.8 Å². The smallest absolute Gasteiger partial charge is 0.312 e. The van der Waals surface area contributed by atoms with Crippen molar-refractivity contribution >= 4 is 23.2 Å². The maximum Gasteiger partial charge on any atom is 0.312 e. The molecule has 0 spiro atoms. The molecule has 6 heteroatoms. The molecule has 0 aliphatic rings. The fraction of sp³-hybridized carbons (Fsp3) is 0.250. The number of thiophene rings is 1. The van der Waals surface area contributed by atoms with Gasteiger partial charge in [0.1, 0.15) is 5.82 Å². The lowest BCUT2D eigenvalue weighted by molar-refractivity contribution is -0.138. The predicted octanol–water partition coefficient (Wildman–Crippen LogP) is 2.98. The van der Waals surface area contributed by atoms with Crippen LogP contribution in [0.1, 0.15) is 29.2 Å². The van der Waals surface area contributed by atoms with Gasteiger partial charge in [0.25, 0.3) is 0 Å². The minimum absolute atomic E-state index is 0.0322. The minimum atomic E-state index is -1.06. The van der Waals surface area contributed by atoms with Crippen LogP contribution in [-0.4, -0.2) is 23.5 Å². The maximum absolute atomic E-state index is 12.9. The molecule has 2 N–H and O–H groups in total. The molecule has 4 nitrogen and oxygen atoms in total. The molecule has 1 aromatic heterocycles. The van der Waals surface area contributed by atoms with Crippen molar-refractivity contribution in [2.75, 3.05) is 6.54 Å². The van der Waals surface area contributed by atoms with Crippen LogP contribution in [0.15, 0.2) is 41.8 Å². The van der Waals surface area contributed by atoms with Crippen LogP contribution in [-0.2, 0) is 9.59 Å². The van der Waals surface area contributed by atoms with Crippen LogP contribution in [0, 0.1) is 5.82 Å². The number of carboxylic acids is 1. The van der Waals surface area contributed by atoms with Crippen molar-refractivity contribution in [1.29, 1.82) is 0 Å². The third-order valence-corrected chi connectivity index (χ3v) is 4.47. The summed E-state index contributed by atoms with van der Waals surface area (Å²) in [5, 5.41) is 13.8. The maximum atomic E-state index is 12.9. The highest BCUT2D eigenvalue weighted by atomic mass is 32.1. The van der Waals surface area contributed by atoms with E-state index in [1.54, 1.807) is 6.92 Å². The summed E-state index contributed by atoms with van der Waals surface area (Å²) in [5.74, 6) is -2.95. The van der Waals surface area contributed by atoms with Crippen LogP contribution in [0.3, 0.4) is 0 Å². The molecule has 1 heterocycles. The molecule has 0 aliphatic heterocycles. The highest BCUT2D eigenvalue weighted by molar-refractivity contribution is 7.10. The molecule has 22 heavy (non-hydrogen) atoms. The van der Waals surface area contributed by atoms with Crippen molar-refractivity contribution < 1.29 is 19.1 Å². The van der Waals surface area contributed by atoms with Crippen LogP contribution < -0.4 is 5.32 Å². The summed E-state index contributed by atoms with van der Waals surface area (Å²) in [6.45, 7) is 1.74. The van der Waals surface area contributed by atoms with Gasteiger partial charge in [-0.1, -0.05) is 18.2 Å². The van der Waals surface area contributed by atoms with E-state index in [-0.39, 0.29) is 18.4 Å². The molecule has 1 aromatic carbocycles. The lowest BCUT2D eigenvalue weighted by Crippen LogP contribution is -2.34. The molecule has 2 atom stereocenters. The quantitative estimate of drug-likeness (QED) is 0.859.